The van der Waals surface area contributed by atoms with Gasteiger partial charge in [0.15, 0.2) is 0 Å². The zero-order valence-electron chi connectivity index (χ0n) is 7.70. The van der Waals surface area contributed by atoms with Gasteiger partial charge in [-0.15, -0.1) is 0 Å². The molecule has 0 N–H and O–H groups in total. The number of rotatable bonds is 3. The quantitative estimate of drug-likeness (QED) is 0.562. The molecule has 1 saturated carbocycles. The van der Waals surface area contributed by atoms with E-state index in [2.05, 4.69) is 15.9 Å². The van der Waals surface area contributed by atoms with Gasteiger partial charge in [-0.25, -0.2) is 4.39 Å². The highest BCUT2D eigenvalue weighted by atomic mass is 79.9. The molecule has 0 spiro atoms. The van der Waals surface area contributed by atoms with Crippen LogP contribution in [0.15, 0.2) is 24.3 Å². The molecule has 0 aromatic heterocycles. The summed E-state index contributed by atoms with van der Waals surface area (Å²) in [6, 6.07) is 0. The maximum Gasteiger partial charge on any atom is 0.139 e. The Morgan fingerprint density at radius 2 is 2.21 bits per heavy atom. The molecular weight excluding hydrogens is 247 g/mol. The Bertz CT molecular complexity index is 296. The SMILES string of the molecule is O=CC(Br)C1C=CC=CC1(F)C1CC1. The zero-order valence-corrected chi connectivity index (χ0v) is 9.28. The number of carbonyl (C=O) groups excluding carboxylic acids is 1. The number of allylic oxidation sites excluding steroid dienone is 4. The Hall–Kier alpha value is -0.440. The van der Waals surface area contributed by atoms with Crippen molar-refractivity contribution in [1.29, 1.82) is 0 Å². The number of halogens is 2. The molecule has 0 heterocycles. The van der Waals surface area contributed by atoms with Crippen molar-refractivity contribution in [1.82, 2.24) is 0 Å². The van der Waals surface area contributed by atoms with Crippen LogP contribution in [0.1, 0.15) is 12.8 Å². The van der Waals surface area contributed by atoms with Gasteiger partial charge in [0.1, 0.15) is 12.0 Å². The molecule has 3 unspecified atom stereocenters. The summed E-state index contributed by atoms with van der Waals surface area (Å²) in [6.45, 7) is 0. The third kappa shape index (κ3) is 1.58. The number of hydrogen-bond acceptors (Lipinski definition) is 1. The average molecular weight is 259 g/mol. The highest BCUT2D eigenvalue weighted by Crippen LogP contribution is 2.50. The number of carbonyl (C=O) groups is 1. The Morgan fingerprint density at radius 1 is 1.50 bits per heavy atom. The summed E-state index contributed by atoms with van der Waals surface area (Å²) >= 11 is 3.22. The fourth-order valence-electron chi connectivity index (χ4n) is 2.01. The molecule has 1 nitrogen and oxygen atoms in total. The third-order valence-electron chi connectivity index (χ3n) is 2.97. The van der Waals surface area contributed by atoms with Gasteiger partial charge in [0.25, 0.3) is 0 Å². The third-order valence-corrected chi connectivity index (χ3v) is 3.75. The van der Waals surface area contributed by atoms with Gasteiger partial charge in [-0.1, -0.05) is 34.2 Å². The van der Waals surface area contributed by atoms with Gasteiger partial charge >= 0.3 is 0 Å². The van der Waals surface area contributed by atoms with Crippen LogP contribution in [0, 0.1) is 11.8 Å². The first-order valence-electron chi connectivity index (χ1n) is 4.83. The Balaban J connectivity index is 2.24. The molecule has 0 aromatic rings. The molecule has 14 heavy (non-hydrogen) atoms. The van der Waals surface area contributed by atoms with E-state index < -0.39 is 10.5 Å². The maximum absolute atomic E-state index is 14.5. The van der Waals surface area contributed by atoms with E-state index in [9.17, 15) is 9.18 Å². The van der Waals surface area contributed by atoms with Crippen molar-refractivity contribution < 1.29 is 9.18 Å². The Morgan fingerprint density at radius 3 is 2.79 bits per heavy atom. The number of aldehydes is 1. The summed E-state index contributed by atoms with van der Waals surface area (Å²) in [7, 11) is 0. The fourth-order valence-corrected chi connectivity index (χ4v) is 2.60. The molecule has 2 aliphatic carbocycles. The van der Waals surface area contributed by atoms with Crippen LogP contribution in [-0.4, -0.2) is 16.8 Å². The van der Waals surface area contributed by atoms with Crippen LogP contribution in [0.2, 0.25) is 0 Å². The van der Waals surface area contributed by atoms with E-state index in [1.807, 2.05) is 6.08 Å². The Kier molecular flexibility index (Phi) is 2.60. The predicted molar refractivity (Wildman–Crippen MR) is 57.1 cm³/mol. The molecule has 0 amide bonds. The molecule has 2 aliphatic rings. The van der Waals surface area contributed by atoms with E-state index in [0.717, 1.165) is 19.1 Å². The van der Waals surface area contributed by atoms with Crippen molar-refractivity contribution in [2.45, 2.75) is 23.3 Å². The minimum Gasteiger partial charge on any atom is -0.302 e. The van der Waals surface area contributed by atoms with Crippen molar-refractivity contribution in [2.75, 3.05) is 0 Å². The highest BCUT2D eigenvalue weighted by Gasteiger charge is 2.51. The second-order valence-corrected chi connectivity index (χ2v) is 5.01. The van der Waals surface area contributed by atoms with Crippen LogP contribution >= 0.6 is 15.9 Å². The normalized spacial score (nSPS) is 38.3. The number of alkyl halides is 2. The number of hydrogen-bond donors (Lipinski definition) is 0. The topological polar surface area (TPSA) is 17.1 Å². The molecule has 0 radical (unpaired) electrons. The fraction of sp³-hybridized carbons (Fsp3) is 0.545. The summed E-state index contributed by atoms with van der Waals surface area (Å²) in [5.41, 5.74) is -1.32. The highest BCUT2D eigenvalue weighted by molar-refractivity contribution is 9.10. The van der Waals surface area contributed by atoms with Gasteiger partial charge in [0.05, 0.1) is 4.83 Å². The van der Waals surface area contributed by atoms with Crippen molar-refractivity contribution in [3.8, 4) is 0 Å². The lowest BCUT2D eigenvalue weighted by molar-refractivity contribution is -0.108. The second-order valence-electron chi connectivity index (χ2n) is 3.95. The first-order valence-corrected chi connectivity index (χ1v) is 5.74. The van der Waals surface area contributed by atoms with Crippen LogP contribution in [-0.2, 0) is 4.79 Å². The van der Waals surface area contributed by atoms with E-state index in [1.165, 1.54) is 0 Å². The van der Waals surface area contributed by atoms with Gasteiger partial charge in [0.2, 0.25) is 0 Å². The standard InChI is InChI=1S/C11H12BrFO/c12-10(7-14)9-3-1-2-6-11(9,13)8-4-5-8/h1-3,6-10H,4-5H2. The van der Waals surface area contributed by atoms with Crippen LogP contribution in [0.3, 0.4) is 0 Å². The summed E-state index contributed by atoms with van der Waals surface area (Å²) < 4.78 is 14.5. The molecule has 1 fully saturated rings. The largest absolute Gasteiger partial charge is 0.302 e. The van der Waals surface area contributed by atoms with Gasteiger partial charge in [-0.2, -0.15) is 0 Å². The predicted octanol–water partition coefficient (Wildman–Crippen LogP) is 2.81. The minimum atomic E-state index is -1.32. The van der Waals surface area contributed by atoms with Crippen molar-refractivity contribution in [2.24, 2.45) is 11.8 Å². The molecule has 3 heteroatoms. The first kappa shape index (κ1) is 10.1. The van der Waals surface area contributed by atoms with E-state index in [1.54, 1.807) is 18.2 Å². The van der Waals surface area contributed by atoms with Crippen LogP contribution < -0.4 is 0 Å². The Labute approximate surface area is 91.2 Å². The van der Waals surface area contributed by atoms with Crippen molar-refractivity contribution >= 4 is 22.2 Å². The summed E-state index contributed by atoms with van der Waals surface area (Å²) in [5.74, 6) is -0.244. The van der Waals surface area contributed by atoms with Gasteiger partial charge in [0, 0.05) is 5.92 Å². The van der Waals surface area contributed by atoms with Crippen LogP contribution in [0.5, 0.6) is 0 Å². The summed E-state index contributed by atoms with van der Waals surface area (Å²) in [6.07, 6.45) is 9.57. The van der Waals surface area contributed by atoms with Gasteiger partial charge in [-0.3, -0.25) is 0 Å². The molecule has 0 aliphatic heterocycles. The second kappa shape index (κ2) is 3.61. The molecule has 3 atom stereocenters. The van der Waals surface area contributed by atoms with Gasteiger partial charge < -0.3 is 4.79 Å². The summed E-state index contributed by atoms with van der Waals surface area (Å²) in [4.78, 5) is 10.2. The van der Waals surface area contributed by atoms with Crippen LogP contribution in [0.4, 0.5) is 4.39 Å². The molecular formula is C11H12BrFO. The maximum atomic E-state index is 14.5. The van der Waals surface area contributed by atoms with E-state index in [4.69, 9.17) is 0 Å². The molecule has 76 valence electrons. The average Bonchev–Trinajstić information content (AvgIpc) is 3.01. The lowest BCUT2D eigenvalue weighted by Crippen LogP contribution is -2.39. The van der Waals surface area contributed by atoms with Crippen molar-refractivity contribution in [3.05, 3.63) is 24.3 Å². The van der Waals surface area contributed by atoms with E-state index >= 15 is 0 Å². The minimum absolute atomic E-state index is 0.105. The first-order chi connectivity index (χ1) is 6.68. The monoisotopic (exact) mass is 258 g/mol. The van der Waals surface area contributed by atoms with E-state index in [0.29, 0.717) is 0 Å². The van der Waals surface area contributed by atoms with E-state index in [-0.39, 0.29) is 11.8 Å². The molecule has 2 rings (SSSR count). The zero-order chi connectivity index (χ0) is 10.2. The van der Waals surface area contributed by atoms with Crippen LogP contribution in [0.25, 0.3) is 0 Å². The lowest BCUT2D eigenvalue weighted by atomic mass is 9.80. The molecule has 0 aromatic carbocycles. The lowest BCUT2D eigenvalue weighted by Gasteiger charge is -2.32. The van der Waals surface area contributed by atoms with Gasteiger partial charge in [-0.05, 0) is 24.8 Å². The summed E-state index contributed by atoms with van der Waals surface area (Å²) in [5, 5.41) is 0. The smallest absolute Gasteiger partial charge is 0.139 e. The van der Waals surface area contributed by atoms with Crippen molar-refractivity contribution in [3.63, 3.8) is 0 Å². The molecule has 0 saturated heterocycles. The molecule has 0 bridgehead atoms.